The first-order valence-electron chi connectivity index (χ1n) is 9.70. The van der Waals surface area contributed by atoms with Gasteiger partial charge in [-0.25, -0.2) is 4.68 Å². The fraction of sp³-hybridized carbons (Fsp3) is 0.167. The van der Waals surface area contributed by atoms with Crippen LogP contribution >= 0.6 is 0 Å². The van der Waals surface area contributed by atoms with E-state index in [0.29, 0.717) is 11.3 Å². The minimum Gasteiger partial charge on any atom is -0.345 e. The quantitative estimate of drug-likeness (QED) is 0.539. The first kappa shape index (κ1) is 18.7. The number of aryl methyl sites for hydroxylation is 2. The molecular formula is C24H24N4O. The standard InChI is InChI=1S/C24H24N4O/c1-17-10-9-13-21(16-17)28-24(27-14-7-8-15-27)22(19(3)26-28)23(29)25-18(2)20-11-5-4-6-12-20/h4-16,18H,1-3H3,(H,25,29)/t18-/m0/s1. The van der Waals surface area contributed by atoms with Crippen molar-refractivity contribution in [2.24, 2.45) is 0 Å². The third-order valence-electron chi connectivity index (χ3n) is 5.01. The summed E-state index contributed by atoms with van der Waals surface area (Å²) in [7, 11) is 0. The van der Waals surface area contributed by atoms with Crippen LogP contribution in [0.5, 0.6) is 0 Å². The number of carbonyl (C=O) groups excluding carboxylic acids is 1. The van der Waals surface area contributed by atoms with Gasteiger partial charge in [-0.05, 0) is 56.2 Å². The summed E-state index contributed by atoms with van der Waals surface area (Å²) < 4.78 is 3.77. The summed E-state index contributed by atoms with van der Waals surface area (Å²) in [5.74, 6) is 0.595. The smallest absolute Gasteiger partial charge is 0.257 e. The van der Waals surface area contributed by atoms with Gasteiger partial charge in [-0.2, -0.15) is 5.10 Å². The lowest BCUT2D eigenvalue weighted by Crippen LogP contribution is -2.28. The van der Waals surface area contributed by atoms with Crippen molar-refractivity contribution in [3.05, 3.63) is 102 Å². The summed E-state index contributed by atoms with van der Waals surface area (Å²) in [6.07, 6.45) is 3.86. The number of aromatic nitrogens is 3. The highest BCUT2D eigenvalue weighted by atomic mass is 16.1. The molecule has 29 heavy (non-hydrogen) atoms. The molecule has 2 heterocycles. The molecule has 1 atom stereocenters. The molecule has 0 aliphatic carbocycles. The molecule has 0 saturated heterocycles. The highest BCUT2D eigenvalue weighted by Crippen LogP contribution is 2.24. The highest BCUT2D eigenvalue weighted by Gasteiger charge is 2.24. The molecule has 0 saturated carbocycles. The van der Waals surface area contributed by atoms with Crippen LogP contribution in [0.25, 0.3) is 11.5 Å². The lowest BCUT2D eigenvalue weighted by atomic mass is 10.1. The van der Waals surface area contributed by atoms with Gasteiger partial charge in [0.2, 0.25) is 0 Å². The van der Waals surface area contributed by atoms with E-state index in [9.17, 15) is 4.79 Å². The van der Waals surface area contributed by atoms with Crippen molar-refractivity contribution in [2.45, 2.75) is 26.8 Å². The molecule has 2 aromatic carbocycles. The van der Waals surface area contributed by atoms with Crippen molar-refractivity contribution >= 4 is 5.91 Å². The van der Waals surface area contributed by atoms with Gasteiger partial charge in [0.15, 0.2) is 5.82 Å². The van der Waals surface area contributed by atoms with E-state index in [0.717, 1.165) is 22.6 Å². The predicted octanol–water partition coefficient (Wildman–Crippen LogP) is 4.77. The number of hydrogen-bond donors (Lipinski definition) is 1. The summed E-state index contributed by atoms with van der Waals surface area (Å²) in [6.45, 7) is 5.91. The fourth-order valence-electron chi connectivity index (χ4n) is 3.53. The Morgan fingerprint density at radius 1 is 0.966 bits per heavy atom. The van der Waals surface area contributed by atoms with E-state index < -0.39 is 0 Å². The van der Waals surface area contributed by atoms with Crippen LogP contribution in [-0.2, 0) is 0 Å². The van der Waals surface area contributed by atoms with E-state index in [1.165, 1.54) is 0 Å². The van der Waals surface area contributed by atoms with Gasteiger partial charge in [0.1, 0.15) is 5.56 Å². The molecule has 0 aliphatic heterocycles. The number of amides is 1. The van der Waals surface area contributed by atoms with E-state index in [2.05, 4.69) is 11.4 Å². The Morgan fingerprint density at radius 2 is 1.69 bits per heavy atom. The summed E-state index contributed by atoms with van der Waals surface area (Å²) in [6, 6.07) is 21.8. The molecule has 0 radical (unpaired) electrons. The van der Waals surface area contributed by atoms with Crippen LogP contribution in [0, 0.1) is 13.8 Å². The molecule has 0 bridgehead atoms. The first-order chi connectivity index (χ1) is 14.0. The number of carbonyl (C=O) groups is 1. The lowest BCUT2D eigenvalue weighted by Gasteiger charge is -2.16. The Balaban J connectivity index is 1.78. The Kier molecular flexibility index (Phi) is 5.04. The molecule has 1 amide bonds. The molecule has 5 heteroatoms. The monoisotopic (exact) mass is 384 g/mol. The van der Waals surface area contributed by atoms with Gasteiger partial charge in [-0.1, -0.05) is 42.5 Å². The number of rotatable bonds is 5. The molecule has 146 valence electrons. The molecule has 2 aromatic heterocycles. The van der Waals surface area contributed by atoms with E-state index in [1.54, 1.807) is 0 Å². The van der Waals surface area contributed by atoms with Gasteiger partial charge in [-0.3, -0.25) is 4.79 Å². The Hall–Kier alpha value is -3.60. The second kappa shape index (κ2) is 7.80. The Morgan fingerprint density at radius 3 is 2.38 bits per heavy atom. The van der Waals surface area contributed by atoms with Gasteiger partial charge in [0.05, 0.1) is 17.4 Å². The van der Waals surface area contributed by atoms with Gasteiger partial charge in [0, 0.05) is 12.4 Å². The van der Waals surface area contributed by atoms with Crippen LogP contribution < -0.4 is 5.32 Å². The van der Waals surface area contributed by atoms with Crippen LogP contribution in [0.1, 0.15) is 40.1 Å². The Labute approximate surface area is 170 Å². The molecular weight excluding hydrogens is 360 g/mol. The summed E-state index contributed by atoms with van der Waals surface area (Å²) in [4.78, 5) is 13.3. The Bertz CT molecular complexity index is 1130. The molecule has 0 fully saturated rings. The normalized spacial score (nSPS) is 12.0. The number of hydrogen-bond acceptors (Lipinski definition) is 2. The maximum atomic E-state index is 13.3. The molecule has 4 aromatic rings. The van der Waals surface area contributed by atoms with E-state index >= 15 is 0 Å². The van der Waals surface area contributed by atoms with Crippen LogP contribution in [0.2, 0.25) is 0 Å². The van der Waals surface area contributed by atoms with Crippen molar-refractivity contribution < 1.29 is 4.79 Å². The summed E-state index contributed by atoms with van der Waals surface area (Å²) in [5, 5.41) is 7.84. The maximum Gasteiger partial charge on any atom is 0.257 e. The SMILES string of the molecule is Cc1cccc(-n2nc(C)c(C(=O)N[C@@H](C)c3ccccc3)c2-n2cccc2)c1. The van der Waals surface area contributed by atoms with Gasteiger partial charge < -0.3 is 9.88 Å². The van der Waals surface area contributed by atoms with Crippen molar-refractivity contribution in [3.8, 4) is 11.5 Å². The van der Waals surface area contributed by atoms with Gasteiger partial charge >= 0.3 is 0 Å². The first-order valence-corrected chi connectivity index (χ1v) is 9.70. The third-order valence-corrected chi connectivity index (χ3v) is 5.01. The molecule has 5 nitrogen and oxygen atoms in total. The minimum absolute atomic E-state index is 0.108. The van der Waals surface area contributed by atoms with Crippen LogP contribution in [-0.4, -0.2) is 20.3 Å². The second-order valence-electron chi connectivity index (χ2n) is 7.23. The van der Waals surface area contributed by atoms with Crippen molar-refractivity contribution in [1.29, 1.82) is 0 Å². The second-order valence-corrected chi connectivity index (χ2v) is 7.23. The van der Waals surface area contributed by atoms with E-state index in [1.807, 2.05) is 103 Å². The molecule has 0 aliphatic rings. The van der Waals surface area contributed by atoms with Crippen molar-refractivity contribution in [2.75, 3.05) is 0 Å². The fourth-order valence-corrected chi connectivity index (χ4v) is 3.53. The van der Waals surface area contributed by atoms with E-state index in [4.69, 9.17) is 5.10 Å². The number of nitrogens with one attached hydrogen (secondary N) is 1. The molecule has 1 N–H and O–H groups in total. The maximum absolute atomic E-state index is 13.3. The average Bonchev–Trinajstić information content (AvgIpc) is 3.36. The average molecular weight is 384 g/mol. The van der Waals surface area contributed by atoms with Crippen LogP contribution in [0.4, 0.5) is 0 Å². The molecule has 0 spiro atoms. The van der Waals surface area contributed by atoms with Crippen molar-refractivity contribution in [1.82, 2.24) is 19.7 Å². The zero-order valence-corrected chi connectivity index (χ0v) is 16.8. The van der Waals surface area contributed by atoms with Gasteiger partial charge in [-0.15, -0.1) is 0 Å². The molecule has 0 unspecified atom stereocenters. The number of nitrogens with zero attached hydrogens (tertiary/aromatic N) is 3. The predicted molar refractivity (Wildman–Crippen MR) is 115 cm³/mol. The topological polar surface area (TPSA) is 51.9 Å². The van der Waals surface area contributed by atoms with Crippen LogP contribution in [0.3, 0.4) is 0 Å². The zero-order chi connectivity index (χ0) is 20.4. The van der Waals surface area contributed by atoms with Crippen molar-refractivity contribution in [3.63, 3.8) is 0 Å². The summed E-state index contributed by atoms with van der Waals surface area (Å²) >= 11 is 0. The molecule has 4 rings (SSSR count). The van der Waals surface area contributed by atoms with Crippen LogP contribution in [0.15, 0.2) is 79.1 Å². The lowest BCUT2D eigenvalue weighted by molar-refractivity contribution is 0.0939. The third kappa shape index (κ3) is 3.72. The zero-order valence-electron chi connectivity index (χ0n) is 16.8. The van der Waals surface area contributed by atoms with E-state index in [-0.39, 0.29) is 11.9 Å². The highest BCUT2D eigenvalue weighted by molar-refractivity contribution is 5.99. The number of benzene rings is 2. The van der Waals surface area contributed by atoms with Gasteiger partial charge in [0.25, 0.3) is 5.91 Å². The minimum atomic E-state index is -0.138. The summed E-state index contributed by atoms with van der Waals surface area (Å²) in [5.41, 5.74) is 4.38. The largest absolute Gasteiger partial charge is 0.345 e.